The van der Waals surface area contributed by atoms with E-state index in [-0.39, 0.29) is 12.1 Å². The van der Waals surface area contributed by atoms with Gasteiger partial charge in [0, 0.05) is 28.9 Å². The van der Waals surface area contributed by atoms with Crippen LogP contribution in [0.25, 0.3) is 0 Å². The number of amides is 2. The SMILES string of the molecule is Cc1cc([C@@H](C)NC(=O)N2CC[C@@H](N3CCCC3)C2)c(C)s1. The molecule has 0 aromatic carbocycles. The minimum atomic E-state index is 0.0864. The summed E-state index contributed by atoms with van der Waals surface area (Å²) in [7, 11) is 0. The van der Waals surface area contributed by atoms with Crippen molar-refractivity contribution in [2.45, 2.75) is 52.1 Å². The summed E-state index contributed by atoms with van der Waals surface area (Å²) in [4.78, 5) is 19.7. The van der Waals surface area contributed by atoms with E-state index in [0.717, 1.165) is 19.5 Å². The number of likely N-dealkylation sites (tertiary alicyclic amines) is 2. The molecule has 4 nitrogen and oxygen atoms in total. The van der Waals surface area contributed by atoms with Crippen molar-refractivity contribution in [1.82, 2.24) is 15.1 Å². The summed E-state index contributed by atoms with van der Waals surface area (Å²) in [5.41, 5.74) is 1.26. The standard InChI is InChI=1S/C17H27N3OS/c1-12-10-16(14(3)22-12)13(2)18-17(21)20-9-6-15(11-20)19-7-4-5-8-19/h10,13,15H,4-9,11H2,1-3H3,(H,18,21)/t13-,15-/m1/s1. The van der Waals surface area contributed by atoms with Crippen molar-refractivity contribution in [3.8, 4) is 0 Å². The Bertz CT molecular complexity index is 536. The van der Waals surface area contributed by atoms with E-state index in [2.05, 4.69) is 37.1 Å². The lowest BCUT2D eigenvalue weighted by atomic mass is 10.1. The summed E-state index contributed by atoms with van der Waals surface area (Å²) in [6.07, 6.45) is 3.76. The van der Waals surface area contributed by atoms with E-state index < -0.39 is 0 Å². The van der Waals surface area contributed by atoms with E-state index in [1.807, 2.05) is 4.90 Å². The number of hydrogen-bond acceptors (Lipinski definition) is 3. The van der Waals surface area contributed by atoms with Crippen LogP contribution in [0.3, 0.4) is 0 Å². The Labute approximate surface area is 137 Å². The van der Waals surface area contributed by atoms with Gasteiger partial charge in [-0.3, -0.25) is 4.90 Å². The highest BCUT2D eigenvalue weighted by molar-refractivity contribution is 7.12. The minimum absolute atomic E-state index is 0.0864. The number of rotatable bonds is 3. The van der Waals surface area contributed by atoms with Gasteiger partial charge >= 0.3 is 6.03 Å². The molecule has 0 radical (unpaired) electrons. The van der Waals surface area contributed by atoms with Crippen LogP contribution in [-0.4, -0.2) is 48.1 Å². The molecule has 2 atom stereocenters. The summed E-state index contributed by atoms with van der Waals surface area (Å²) in [6, 6.07) is 2.96. The molecule has 0 saturated carbocycles. The van der Waals surface area contributed by atoms with Gasteiger partial charge in [-0.2, -0.15) is 0 Å². The molecule has 1 N–H and O–H groups in total. The Balaban J connectivity index is 1.55. The van der Waals surface area contributed by atoms with Gasteiger partial charge < -0.3 is 10.2 Å². The predicted molar refractivity (Wildman–Crippen MR) is 91.5 cm³/mol. The zero-order chi connectivity index (χ0) is 15.7. The van der Waals surface area contributed by atoms with Crippen LogP contribution in [-0.2, 0) is 0 Å². The third-order valence-corrected chi connectivity index (χ3v) is 5.98. The molecule has 3 heterocycles. The Morgan fingerprint density at radius 2 is 2.05 bits per heavy atom. The summed E-state index contributed by atoms with van der Waals surface area (Å²) >= 11 is 1.80. The van der Waals surface area contributed by atoms with Crippen LogP contribution < -0.4 is 5.32 Å². The third kappa shape index (κ3) is 3.30. The van der Waals surface area contributed by atoms with Crippen molar-refractivity contribution in [1.29, 1.82) is 0 Å². The maximum Gasteiger partial charge on any atom is 0.317 e. The fraction of sp³-hybridized carbons (Fsp3) is 0.706. The molecule has 2 saturated heterocycles. The average molecular weight is 321 g/mol. The van der Waals surface area contributed by atoms with E-state index in [0.29, 0.717) is 6.04 Å². The van der Waals surface area contributed by atoms with E-state index in [1.165, 1.54) is 41.2 Å². The molecule has 2 aliphatic rings. The summed E-state index contributed by atoms with van der Waals surface area (Å²) < 4.78 is 0. The number of thiophene rings is 1. The van der Waals surface area contributed by atoms with Crippen LogP contribution in [0.1, 0.15) is 47.5 Å². The topological polar surface area (TPSA) is 35.6 Å². The van der Waals surface area contributed by atoms with Crippen molar-refractivity contribution < 1.29 is 4.79 Å². The molecule has 5 heteroatoms. The highest BCUT2D eigenvalue weighted by Crippen LogP contribution is 2.27. The Hall–Kier alpha value is -1.07. The van der Waals surface area contributed by atoms with Gasteiger partial charge in [-0.1, -0.05) is 0 Å². The molecule has 1 aromatic heterocycles. The first-order chi connectivity index (χ1) is 10.5. The quantitative estimate of drug-likeness (QED) is 0.927. The maximum absolute atomic E-state index is 12.5. The molecule has 3 rings (SSSR count). The van der Waals surface area contributed by atoms with E-state index in [4.69, 9.17) is 0 Å². The molecule has 1 aromatic rings. The Morgan fingerprint density at radius 1 is 1.32 bits per heavy atom. The van der Waals surface area contributed by atoms with Crippen molar-refractivity contribution in [3.63, 3.8) is 0 Å². The largest absolute Gasteiger partial charge is 0.331 e. The van der Waals surface area contributed by atoms with Crippen LogP contribution in [0.4, 0.5) is 4.79 Å². The molecule has 0 bridgehead atoms. The summed E-state index contributed by atoms with van der Waals surface area (Å²) in [6.45, 7) is 10.5. The lowest BCUT2D eigenvalue weighted by Gasteiger charge is -2.24. The van der Waals surface area contributed by atoms with Crippen LogP contribution in [0.15, 0.2) is 6.07 Å². The minimum Gasteiger partial charge on any atom is -0.331 e. The Morgan fingerprint density at radius 3 is 2.68 bits per heavy atom. The zero-order valence-electron chi connectivity index (χ0n) is 13.9. The van der Waals surface area contributed by atoms with Gasteiger partial charge in [0.1, 0.15) is 0 Å². The van der Waals surface area contributed by atoms with Crippen LogP contribution in [0.5, 0.6) is 0 Å². The van der Waals surface area contributed by atoms with Gasteiger partial charge in [0.25, 0.3) is 0 Å². The molecule has 0 aliphatic carbocycles. The monoisotopic (exact) mass is 321 g/mol. The van der Waals surface area contributed by atoms with Gasteiger partial charge in [-0.15, -0.1) is 11.3 Å². The molecule has 2 fully saturated rings. The number of nitrogens with one attached hydrogen (secondary N) is 1. The van der Waals surface area contributed by atoms with Crippen molar-refractivity contribution in [2.75, 3.05) is 26.2 Å². The van der Waals surface area contributed by atoms with E-state index in [1.54, 1.807) is 11.3 Å². The highest BCUT2D eigenvalue weighted by atomic mass is 32.1. The number of aryl methyl sites for hydroxylation is 2. The van der Waals surface area contributed by atoms with Gasteiger partial charge in [0.2, 0.25) is 0 Å². The maximum atomic E-state index is 12.5. The summed E-state index contributed by atoms with van der Waals surface area (Å²) in [5, 5.41) is 3.18. The lowest BCUT2D eigenvalue weighted by molar-refractivity contribution is 0.196. The zero-order valence-corrected chi connectivity index (χ0v) is 14.7. The van der Waals surface area contributed by atoms with E-state index >= 15 is 0 Å². The lowest BCUT2D eigenvalue weighted by Crippen LogP contribution is -2.42. The fourth-order valence-corrected chi connectivity index (χ4v) is 4.79. The van der Waals surface area contributed by atoms with Crippen LogP contribution in [0.2, 0.25) is 0 Å². The van der Waals surface area contributed by atoms with Gasteiger partial charge in [0.15, 0.2) is 0 Å². The Kier molecular flexibility index (Phi) is 4.73. The van der Waals surface area contributed by atoms with Crippen LogP contribution in [0, 0.1) is 13.8 Å². The molecule has 2 aliphatic heterocycles. The first-order valence-corrected chi connectivity index (χ1v) is 9.22. The van der Waals surface area contributed by atoms with Gasteiger partial charge in [-0.25, -0.2) is 4.79 Å². The number of nitrogens with zero attached hydrogens (tertiary/aromatic N) is 2. The molecule has 22 heavy (non-hydrogen) atoms. The van der Waals surface area contributed by atoms with Crippen molar-refractivity contribution in [2.24, 2.45) is 0 Å². The van der Waals surface area contributed by atoms with Gasteiger partial charge in [-0.05, 0) is 64.8 Å². The predicted octanol–water partition coefficient (Wildman–Crippen LogP) is 3.31. The normalized spacial score (nSPS) is 24.0. The second-order valence-corrected chi connectivity index (χ2v) is 8.13. The smallest absolute Gasteiger partial charge is 0.317 e. The fourth-order valence-electron chi connectivity index (χ4n) is 3.77. The first kappa shape index (κ1) is 15.8. The summed E-state index contributed by atoms with van der Waals surface area (Å²) in [5.74, 6) is 0. The molecular weight excluding hydrogens is 294 g/mol. The molecule has 0 spiro atoms. The molecule has 2 amide bonds. The second kappa shape index (κ2) is 6.59. The highest BCUT2D eigenvalue weighted by Gasteiger charge is 2.32. The van der Waals surface area contributed by atoms with Gasteiger partial charge in [0.05, 0.1) is 6.04 Å². The average Bonchev–Trinajstić information content (AvgIpc) is 3.17. The second-order valence-electron chi connectivity index (χ2n) is 6.67. The first-order valence-electron chi connectivity index (χ1n) is 8.41. The van der Waals surface area contributed by atoms with Crippen molar-refractivity contribution in [3.05, 3.63) is 21.4 Å². The van der Waals surface area contributed by atoms with Crippen molar-refractivity contribution >= 4 is 17.4 Å². The number of urea groups is 1. The third-order valence-electron chi connectivity index (χ3n) is 4.99. The van der Waals surface area contributed by atoms with E-state index in [9.17, 15) is 4.79 Å². The number of carbonyl (C=O) groups excluding carboxylic acids is 1. The molecule has 0 unspecified atom stereocenters. The number of hydrogen-bond donors (Lipinski definition) is 1. The molecular formula is C17H27N3OS. The number of carbonyl (C=O) groups is 1. The molecule has 122 valence electrons. The van der Waals surface area contributed by atoms with Crippen LogP contribution >= 0.6 is 11.3 Å².